The number of carbonyl (C=O) groups excluding carboxylic acids is 2. The highest BCUT2D eigenvalue weighted by Gasteiger charge is 2.47. The number of allylic oxidation sites excluding steroid dienone is 11. The van der Waals surface area contributed by atoms with Gasteiger partial charge in [0.25, 0.3) is 0 Å². The number of unbranched alkanes of at least 4 members (excludes halogenated alkanes) is 13. The molecule has 0 saturated carbocycles. The Morgan fingerprint density at radius 2 is 1.06 bits per heavy atom. The lowest BCUT2D eigenvalue weighted by atomic mass is 9.98. The van der Waals surface area contributed by atoms with Gasteiger partial charge in [-0.25, -0.2) is 4.79 Å². The average molecular weight is 937 g/mol. The lowest BCUT2D eigenvalue weighted by Crippen LogP contribution is -2.61. The molecular weight excluding hydrogens is 853 g/mol. The quantitative estimate of drug-likeness (QED) is 0.0121. The molecule has 66 heavy (non-hydrogen) atoms. The first kappa shape index (κ1) is 59.1. The molecule has 7 N–H and O–H groups in total. The minimum absolute atomic E-state index is 0.0899. The van der Waals surface area contributed by atoms with Crippen molar-refractivity contribution < 1.29 is 73.8 Å². The van der Waals surface area contributed by atoms with Crippen molar-refractivity contribution in [2.75, 3.05) is 26.4 Å². The summed E-state index contributed by atoms with van der Waals surface area (Å²) in [4.78, 5) is 25.6. The molecule has 2 saturated heterocycles. The van der Waals surface area contributed by atoms with Crippen LogP contribution >= 0.6 is 0 Å². The number of esters is 2. The van der Waals surface area contributed by atoms with Crippen molar-refractivity contribution in [3.63, 3.8) is 0 Å². The van der Waals surface area contributed by atoms with Crippen molar-refractivity contribution in [2.45, 2.75) is 210 Å². The van der Waals surface area contributed by atoms with Crippen molar-refractivity contribution in [1.82, 2.24) is 0 Å². The van der Waals surface area contributed by atoms with E-state index in [4.69, 9.17) is 28.4 Å². The van der Waals surface area contributed by atoms with Gasteiger partial charge in [-0.2, -0.15) is 0 Å². The van der Waals surface area contributed by atoms with Gasteiger partial charge >= 0.3 is 11.9 Å². The number of rotatable bonds is 36. The van der Waals surface area contributed by atoms with Gasteiger partial charge in [-0.05, 0) is 57.8 Å². The largest absolute Gasteiger partial charge is 0.458 e. The summed E-state index contributed by atoms with van der Waals surface area (Å²) in [6.07, 6.45) is 27.2. The van der Waals surface area contributed by atoms with E-state index in [-0.39, 0.29) is 6.42 Å². The summed E-state index contributed by atoms with van der Waals surface area (Å²) in [7, 11) is 0. The Bertz CT molecular complexity index is 1430. The second-order valence-corrected chi connectivity index (χ2v) is 17.0. The minimum Gasteiger partial charge on any atom is -0.458 e. The number of ether oxygens (including phenoxy) is 6. The monoisotopic (exact) mass is 937 g/mol. The first-order valence-electron chi connectivity index (χ1n) is 24.6. The fourth-order valence-corrected chi connectivity index (χ4v) is 7.24. The summed E-state index contributed by atoms with van der Waals surface area (Å²) < 4.78 is 33.3. The molecule has 11 atom stereocenters. The van der Waals surface area contributed by atoms with Gasteiger partial charge in [0, 0.05) is 12.5 Å². The van der Waals surface area contributed by atoms with Gasteiger partial charge in [0.15, 0.2) is 18.7 Å². The van der Waals surface area contributed by atoms with E-state index in [0.29, 0.717) is 6.42 Å². The van der Waals surface area contributed by atoms with E-state index >= 15 is 0 Å². The van der Waals surface area contributed by atoms with Crippen LogP contribution < -0.4 is 0 Å². The molecule has 0 aromatic rings. The highest BCUT2D eigenvalue weighted by atomic mass is 16.7. The van der Waals surface area contributed by atoms with Gasteiger partial charge in [0.05, 0.1) is 19.8 Å². The fourth-order valence-electron chi connectivity index (χ4n) is 7.24. The zero-order valence-electron chi connectivity index (χ0n) is 39.6. The molecule has 0 aromatic carbocycles. The zero-order chi connectivity index (χ0) is 48.2. The lowest BCUT2D eigenvalue weighted by Gasteiger charge is -2.42. The molecule has 0 bridgehead atoms. The van der Waals surface area contributed by atoms with Crippen LogP contribution in [0, 0.1) is 0 Å². The molecular formula is C51H84O15. The van der Waals surface area contributed by atoms with Crippen LogP contribution in [0.25, 0.3) is 0 Å². The van der Waals surface area contributed by atoms with E-state index < -0.39 is 106 Å². The third-order valence-electron chi connectivity index (χ3n) is 11.3. The van der Waals surface area contributed by atoms with Crippen molar-refractivity contribution in [3.05, 3.63) is 72.9 Å². The van der Waals surface area contributed by atoms with E-state index in [2.05, 4.69) is 62.5 Å². The summed E-state index contributed by atoms with van der Waals surface area (Å²) in [5.41, 5.74) is 0. The van der Waals surface area contributed by atoms with Crippen LogP contribution in [0.1, 0.15) is 142 Å². The molecule has 0 radical (unpaired) electrons. The van der Waals surface area contributed by atoms with Gasteiger partial charge in [0.2, 0.25) is 0 Å². The summed E-state index contributed by atoms with van der Waals surface area (Å²) in [5.74, 6) is -1.23. The summed E-state index contributed by atoms with van der Waals surface area (Å²) in [5, 5.41) is 72.0. The maximum atomic E-state index is 12.9. The van der Waals surface area contributed by atoms with Crippen LogP contribution in [-0.4, -0.2) is 142 Å². The summed E-state index contributed by atoms with van der Waals surface area (Å²) in [6.45, 7) is 2.28. The fraction of sp³-hybridized carbons (Fsp3) is 0.725. The first-order chi connectivity index (χ1) is 32.0. The maximum absolute atomic E-state index is 12.9. The summed E-state index contributed by atoms with van der Waals surface area (Å²) >= 11 is 0. The standard InChI is InChI=1S/C51H84O15/c1-3-5-7-9-11-13-15-17-19-21-23-25-27-29-31-33-42(53)61-36-39(64-43(54)34-32-30-28-26-24-22-20-18-16-14-12-10-8-6-4-2)37-62-50-49(60)47(58)45(56)41(66-50)38-63-51-48(59)46(57)44(55)40(35-52)65-51/h6,8,12,14,18,20,24,26-27,29,31,33,39-41,44-52,55-60H,3-5,7,9-11,13,15-17,19,21-23,25,28,30,32,34-38H2,1-2H3/b8-6+,14-12+,20-18+,26-24+,29-27+,33-31+/t39-,40-,41-,44+,45+,46?,47?,48?,49?,50-,51-/m1/s1. The molecule has 2 aliphatic rings. The van der Waals surface area contributed by atoms with Crippen LogP contribution in [0.3, 0.4) is 0 Å². The smallest absolute Gasteiger partial charge is 0.330 e. The highest BCUT2D eigenvalue weighted by molar-refractivity contribution is 5.82. The third-order valence-corrected chi connectivity index (χ3v) is 11.3. The van der Waals surface area contributed by atoms with Crippen molar-refractivity contribution in [3.8, 4) is 0 Å². The van der Waals surface area contributed by atoms with Gasteiger partial charge in [0.1, 0.15) is 55.4 Å². The molecule has 2 aliphatic heterocycles. The molecule has 2 fully saturated rings. The van der Waals surface area contributed by atoms with Crippen molar-refractivity contribution in [1.29, 1.82) is 0 Å². The zero-order valence-corrected chi connectivity index (χ0v) is 39.6. The van der Waals surface area contributed by atoms with Gasteiger partial charge in [-0.15, -0.1) is 0 Å². The van der Waals surface area contributed by atoms with Gasteiger partial charge in [-0.3, -0.25) is 4.79 Å². The molecule has 15 heteroatoms. The minimum atomic E-state index is -1.79. The van der Waals surface area contributed by atoms with Crippen molar-refractivity contribution >= 4 is 11.9 Å². The molecule has 2 heterocycles. The topological polar surface area (TPSA) is 231 Å². The van der Waals surface area contributed by atoms with Crippen LogP contribution in [0.2, 0.25) is 0 Å². The molecule has 0 spiro atoms. The highest BCUT2D eigenvalue weighted by Crippen LogP contribution is 2.26. The molecule has 0 amide bonds. The average Bonchev–Trinajstić information content (AvgIpc) is 3.31. The molecule has 378 valence electrons. The molecule has 0 aliphatic carbocycles. The van der Waals surface area contributed by atoms with E-state index in [1.165, 1.54) is 70.3 Å². The van der Waals surface area contributed by atoms with E-state index in [0.717, 1.165) is 51.4 Å². The second kappa shape index (κ2) is 37.9. The lowest BCUT2D eigenvalue weighted by molar-refractivity contribution is -0.332. The Kier molecular flexibility index (Phi) is 33.9. The van der Waals surface area contributed by atoms with Crippen LogP contribution in [0.4, 0.5) is 0 Å². The maximum Gasteiger partial charge on any atom is 0.330 e. The van der Waals surface area contributed by atoms with Crippen LogP contribution in [0.5, 0.6) is 0 Å². The van der Waals surface area contributed by atoms with E-state index in [1.807, 2.05) is 6.08 Å². The predicted molar refractivity (Wildman–Crippen MR) is 252 cm³/mol. The third kappa shape index (κ3) is 25.9. The SMILES string of the molecule is CC/C=C/C/C=C/C/C=C/C/C=C/CCCCC(=O)O[C@H](COC(=O)/C=C/C=C/CCCCCCCCCCCCC)CO[C@@H]1O[C@H](CO[C@@H]2O[C@H](CO)[C@H](O)C(O)C2O)[C@H](O)C(O)C1O. The van der Waals surface area contributed by atoms with E-state index in [9.17, 15) is 45.3 Å². The van der Waals surface area contributed by atoms with Gasteiger partial charge in [-0.1, -0.05) is 145 Å². The number of hydrogen-bond donors (Lipinski definition) is 7. The van der Waals surface area contributed by atoms with Gasteiger partial charge < -0.3 is 64.2 Å². The Balaban J connectivity index is 1.89. The molecule has 2 rings (SSSR count). The molecule has 4 unspecified atom stereocenters. The molecule has 15 nitrogen and oxygen atoms in total. The van der Waals surface area contributed by atoms with E-state index in [1.54, 1.807) is 12.2 Å². The Morgan fingerprint density at radius 1 is 0.545 bits per heavy atom. The first-order valence-corrected chi connectivity index (χ1v) is 24.6. The van der Waals surface area contributed by atoms with Crippen molar-refractivity contribution in [2.24, 2.45) is 0 Å². The predicted octanol–water partition coefficient (Wildman–Crippen LogP) is 6.26. The molecule has 0 aromatic heterocycles. The Morgan fingerprint density at radius 3 is 1.67 bits per heavy atom. The summed E-state index contributed by atoms with van der Waals surface area (Å²) in [6, 6.07) is 0. The second-order valence-electron chi connectivity index (χ2n) is 17.0. The normalized spacial score (nSPS) is 26.8. The number of aliphatic hydroxyl groups excluding tert-OH is 7. The Hall–Kier alpha value is -3.06. The van der Waals surface area contributed by atoms with Crippen LogP contribution in [0.15, 0.2) is 72.9 Å². The number of aliphatic hydroxyl groups is 7. The number of carbonyl (C=O) groups is 2. The number of hydrogen-bond acceptors (Lipinski definition) is 15. The van der Waals surface area contributed by atoms with Crippen LogP contribution in [-0.2, 0) is 38.0 Å². The Labute approximate surface area is 393 Å².